The minimum atomic E-state index is -3.39. The number of fused-ring (bicyclic) bond motifs is 3. The van der Waals surface area contributed by atoms with Gasteiger partial charge in [-0.05, 0) is 19.4 Å². The van der Waals surface area contributed by atoms with E-state index in [1.807, 2.05) is 12.2 Å². The first-order chi connectivity index (χ1) is 23.6. The fourth-order valence-electron chi connectivity index (χ4n) is 6.63. The van der Waals surface area contributed by atoms with E-state index in [0.29, 0.717) is 12.8 Å². The maximum absolute atomic E-state index is 13.9. The number of benzene rings is 2. The predicted octanol–water partition coefficient (Wildman–Crippen LogP) is 2.17. The van der Waals surface area contributed by atoms with Crippen LogP contribution in [0.2, 0.25) is 0 Å². The summed E-state index contributed by atoms with van der Waals surface area (Å²) >= 11 is 0. The summed E-state index contributed by atoms with van der Waals surface area (Å²) in [5, 5.41) is 47.6. The summed E-state index contributed by atoms with van der Waals surface area (Å²) < 4.78 is 48.2. The molecule has 1 aliphatic heterocycles. The van der Waals surface area contributed by atoms with E-state index >= 15 is 0 Å². The van der Waals surface area contributed by atoms with Crippen molar-refractivity contribution in [2.75, 3.05) is 13.7 Å². The number of phenolic OH excluding ortho intramolecular Hbond substituents is 2. The number of phenols is 2. The Hall–Kier alpha value is -4.51. The van der Waals surface area contributed by atoms with Gasteiger partial charge in [0.1, 0.15) is 29.0 Å². The highest BCUT2D eigenvalue weighted by Crippen LogP contribution is 2.52. The topological polar surface area (TPSA) is 215 Å². The van der Waals surface area contributed by atoms with Crippen LogP contribution in [0.1, 0.15) is 95.0 Å². The normalized spacial score (nSPS) is 25.7. The number of ether oxygens (including phenoxy) is 4. The molecule has 1 heterocycles. The number of ketones is 3. The lowest BCUT2D eigenvalue weighted by Gasteiger charge is -2.43. The van der Waals surface area contributed by atoms with Crippen molar-refractivity contribution in [2.45, 2.75) is 95.0 Å². The molecule has 2 aliphatic carbocycles. The average Bonchev–Trinajstić information content (AvgIpc) is 3.08. The lowest BCUT2D eigenvalue weighted by atomic mass is 9.72. The molecule has 6 unspecified atom stereocenters. The van der Waals surface area contributed by atoms with Crippen molar-refractivity contribution in [1.29, 1.82) is 0 Å². The number of aromatic hydroxyl groups is 2. The van der Waals surface area contributed by atoms with Gasteiger partial charge in [-0.2, -0.15) is 8.78 Å². The molecule has 2 aromatic carbocycles. The minimum Gasteiger partial charge on any atom is -0.507 e. The Bertz CT molecular complexity index is 1730. The van der Waals surface area contributed by atoms with Gasteiger partial charge in [-0.1, -0.05) is 25.5 Å². The first kappa shape index (κ1) is 36.8. The highest BCUT2D eigenvalue weighted by molar-refractivity contribution is 6.31. The van der Waals surface area contributed by atoms with Gasteiger partial charge in [-0.25, -0.2) is 0 Å². The van der Waals surface area contributed by atoms with Gasteiger partial charge < -0.3 is 44.7 Å². The number of alkyl halides is 2. The molecule has 2 aromatic rings. The van der Waals surface area contributed by atoms with E-state index in [0.717, 1.165) is 0 Å². The zero-order chi connectivity index (χ0) is 36.7. The molecular weight excluding hydrogens is 668 g/mol. The highest BCUT2D eigenvalue weighted by atomic mass is 19.3. The van der Waals surface area contributed by atoms with E-state index in [1.54, 1.807) is 0 Å². The molecule has 0 saturated carbocycles. The lowest BCUT2D eigenvalue weighted by Crippen LogP contribution is -2.56. The van der Waals surface area contributed by atoms with Crippen LogP contribution < -0.4 is 10.1 Å². The van der Waals surface area contributed by atoms with E-state index in [4.69, 9.17) is 18.9 Å². The highest BCUT2D eigenvalue weighted by Gasteiger charge is 2.51. The zero-order valence-electron chi connectivity index (χ0n) is 27.4. The number of amides is 1. The van der Waals surface area contributed by atoms with Crippen LogP contribution in [0.3, 0.4) is 0 Å². The van der Waals surface area contributed by atoms with Crippen LogP contribution in [0.4, 0.5) is 8.78 Å². The molecule has 1 saturated heterocycles. The number of nitrogens with one attached hydrogen (secondary N) is 1. The molecule has 3 aliphatic rings. The summed E-state index contributed by atoms with van der Waals surface area (Å²) in [5.74, 6) is -6.71. The molecule has 5 rings (SSSR count). The average molecular weight is 706 g/mol. The Morgan fingerprint density at radius 1 is 1.10 bits per heavy atom. The zero-order valence-corrected chi connectivity index (χ0v) is 27.4. The van der Waals surface area contributed by atoms with Crippen LogP contribution in [0, 0.1) is 0 Å². The number of esters is 1. The monoisotopic (exact) mass is 705 g/mol. The molecule has 270 valence electrons. The first-order valence-electron chi connectivity index (χ1n) is 16.0. The smallest absolute Gasteiger partial charge is 0.315 e. The van der Waals surface area contributed by atoms with Gasteiger partial charge in [0.25, 0.3) is 5.91 Å². The number of methoxy groups -OCH3 is 1. The Morgan fingerprint density at radius 3 is 2.46 bits per heavy atom. The molecule has 0 aromatic heterocycles. The Kier molecular flexibility index (Phi) is 10.6. The first-order valence-corrected chi connectivity index (χ1v) is 16.0. The van der Waals surface area contributed by atoms with Gasteiger partial charge in [0, 0.05) is 42.4 Å². The lowest BCUT2D eigenvalue weighted by molar-refractivity contribution is -0.249. The standard InChI is InChI=1S/C34H37F2NO13/c1-4-5-9-21(39)48-13-20(38)34(46)11-16-24(19(12-34)50-22-10-17(27(40)14(2)49-22)37-33(45)32(35)36)31(44)26-25(29(16)42)28(41)15-7-6-8-18(47-3)23(15)30(26)43/h6-8,14,17,19,22,27,32,40,42,44,46H,4-5,9-13H2,1-3H3,(H,37,45). The number of Topliss-reactive ketones (excluding diaryl/α,β-unsaturated/α-hetero) is 1. The predicted molar refractivity (Wildman–Crippen MR) is 165 cm³/mol. The maximum atomic E-state index is 13.9. The third-order valence-corrected chi connectivity index (χ3v) is 9.24. The van der Waals surface area contributed by atoms with Crippen LogP contribution in [0.25, 0.3) is 0 Å². The van der Waals surface area contributed by atoms with E-state index in [9.17, 15) is 53.2 Å². The van der Waals surface area contributed by atoms with Gasteiger partial charge in [-0.3, -0.25) is 24.0 Å². The number of carbonyl (C=O) groups excluding carboxylic acids is 5. The third-order valence-electron chi connectivity index (χ3n) is 9.24. The van der Waals surface area contributed by atoms with E-state index in [2.05, 4.69) is 0 Å². The summed E-state index contributed by atoms with van der Waals surface area (Å²) in [5.41, 5.74) is -4.54. The van der Waals surface area contributed by atoms with Crippen molar-refractivity contribution >= 4 is 29.2 Å². The van der Waals surface area contributed by atoms with Crippen LogP contribution in [-0.4, -0.2) is 99.9 Å². The summed E-state index contributed by atoms with van der Waals surface area (Å²) in [6.07, 6.45) is -9.56. The van der Waals surface area contributed by atoms with Crippen LogP contribution in [-0.2, 0) is 35.0 Å². The van der Waals surface area contributed by atoms with E-state index in [-0.39, 0.29) is 34.4 Å². The molecule has 1 amide bonds. The summed E-state index contributed by atoms with van der Waals surface area (Å²) in [6, 6.07) is 2.90. The van der Waals surface area contributed by atoms with Gasteiger partial charge in [0.2, 0.25) is 11.6 Å². The second-order valence-electron chi connectivity index (χ2n) is 12.5. The Balaban J connectivity index is 1.58. The number of rotatable bonds is 11. The number of aliphatic hydroxyl groups excluding tert-OH is 1. The molecule has 0 bridgehead atoms. The van der Waals surface area contributed by atoms with Crippen LogP contribution in [0.5, 0.6) is 17.2 Å². The summed E-state index contributed by atoms with van der Waals surface area (Å²) in [4.78, 5) is 65.0. The minimum absolute atomic E-state index is 0.0180. The number of unbranched alkanes of at least 4 members (excludes halogenated alkanes) is 1. The second-order valence-corrected chi connectivity index (χ2v) is 12.5. The summed E-state index contributed by atoms with van der Waals surface area (Å²) in [7, 11) is 1.27. The molecule has 0 spiro atoms. The molecule has 16 heteroatoms. The maximum Gasteiger partial charge on any atom is 0.315 e. The van der Waals surface area contributed by atoms with E-state index in [1.165, 1.54) is 32.2 Å². The van der Waals surface area contributed by atoms with Crippen LogP contribution >= 0.6 is 0 Å². The van der Waals surface area contributed by atoms with Crippen molar-refractivity contribution in [2.24, 2.45) is 0 Å². The van der Waals surface area contributed by atoms with Crippen LogP contribution in [0.15, 0.2) is 18.2 Å². The van der Waals surface area contributed by atoms with Crippen molar-refractivity contribution < 1.29 is 72.1 Å². The fourth-order valence-corrected chi connectivity index (χ4v) is 6.63. The van der Waals surface area contributed by atoms with Gasteiger partial charge in [0.15, 0.2) is 18.7 Å². The molecule has 50 heavy (non-hydrogen) atoms. The molecule has 6 atom stereocenters. The number of hydrogen-bond acceptors (Lipinski definition) is 13. The molecular formula is C34H37F2NO13. The third kappa shape index (κ3) is 6.67. The fraction of sp³-hybridized carbons (Fsp3) is 0.500. The Labute approximate surface area is 284 Å². The molecule has 1 fully saturated rings. The summed E-state index contributed by atoms with van der Waals surface area (Å²) in [6.45, 7) is 2.35. The van der Waals surface area contributed by atoms with Gasteiger partial charge in [-0.15, -0.1) is 0 Å². The van der Waals surface area contributed by atoms with Gasteiger partial charge >= 0.3 is 12.4 Å². The van der Waals surface area contributed by atoms with Crippen molar-refractivity contribution in [3.05, 3.63) is 51.6 Å². The second kappa shape index (κ2) is 14.4. The van der Waals surface area contributed by atoms with E-state index < -0.39 is 120 Å². The van der Waals surface area contributed by atoms with Crippen molar-refractivity contribution in [3.8, 4) is 17.2 Å². The number of hydrogen-bond donors (Lipinski definition) is 5. The SMILES string of the molecule is CCCCC(=O)OCC(=O)C1(O)Cc2c(O)c3c(c(O)c2C(OC2CC(NC(=O)C(F)F)C(O)C(C)O2)C1)C(=O)c1c(OC)cccc1C3=O. The number of carbonyl (C=O) groups is 5. The Morgan fingerprint density at radius 2 is 1.80 bits per heavy atom. The molecule has 0 radical (unpaired) electrons. The molecule has 14 nitrogen and oxygen atoms in total. The van der Waals surface area contributed by atoms with Gasteiger partial charge in [0.05, 0.1) is 42.0 Å². The number of aliphatic hydroxyl groups is 2. The largest absolute Gasteiger partial charge is 0.507 e. The van der Waals surface area contributed by atoms with Crippen molar-refractivity contribution in [3.63, 3.8) is 0 Å². The molecule has 5 N–H and O–H groups in total. The quantitative estimate of drug-likeness (QED) is 0.143. The number of halogens is 2. The van der Waals surface area contributed by atoms with Crippen molar-refractivity contribution in [1.82, 2.24) is 5.32 Å².